The third kappa shape index (κ3) is 7.09. The molecule has 20 heavy (non-hydrogen) atoms. The van der Waals surface area contributed by atoms with Gasteiger partial charge in [-0.1, -0.05) is 89.5 Å². The number of unbranched alkanes of at least 4 members (excludes halogenated alkanes) is 6. The molecule has 1 atom stereocenters. The minimum Gasteiger partial charge on any atom is -0.388 e. The van der Waals surface area contributed by atoms with E-state index in [1.807, 2.05) is 0 Å². The monoisotopic (exact) mass is 276 g/mol. The minimum atomic E-state index is -0.277. The molecule has 0 aliphatic rings. The number of rotatable bonds is 11. The predicted octanol–water partition coefficient (Wildman–Crippen LogP) is 5.81. The van der Waals surface area contributed by atoms with Gasteiger partial charge in [-0.05, 0) is 24.0 Å². The van der Waals surface area contributed by atoms with Crippen LogP contribution in [-0.4, -0.2) is 5.11 Å². The average molecular weight is 276 g/mol. The molecule has 0 aliphatic heterocycles. The van der Waals surface area contributed by atoms with Crippen molar-refractivity contribution in [1.82, 2.24) is 0 Å². The van der Waals surface area contributed by atoms with Crippen LogP contribution in [0.1, 0.15) is 88.9 Å². The Morgan fingerprint density at radius 1 is 0.800 bits per heavy atom. The number of aliphatic hydroxyl groups is 1. The highest BCUT2D eigenvalue weighted by Crippen LogP contribution is 2.21. The second-order valence-corrected chi connectivity index (χ2v) is 5.92. The molecular weight excluding hydrogens is 244 g/mol. The van der Waals surface area contributed by atoms with Gasteiger partial charge in [0.05, 0.1) is 6.10 Å². The third-order valence-electron chi connectivity index (χ3n) is 3.98. The van der Waals surface area contributed by atoms with Crippen LogP contribution in [0.5, 0.6) is 0 Å². The summed E-state index contributed by atoms with van der Waals surface area (Å²) in [6.07, 6.45) is 12.1. The molecule has 0 saturated heterocycles. The SMILES string of the molecule is CCCCCCCCCC(O)c1ccc(CCC)cc1. The van der Waals surface area contributed by atoms with Crippen LogP contribution >= 0.6 is 0 Å². The second kappa shape index (κ2) is 10.9. The van der Waals surface area contributed by atoms with Crippen LogP contribution in [0.25, 0.3) is 0 Å². The lowest BCUT2D eigenvalue weighted by molar-refractivity contribution is 0.163. The Balaban J connectivity index is 2.17. The zero-order chi connectivity index (χ0) is 14.6. The summed E-state index contributed by atoms with van der Waals surface area (Å²) in [6.45, 7) is 4.45. The first-order chi connectivity index (χ1) is 9.77. The molecule has 0 fully saturated rings. The summed E-state index contributed by atoms with van der Waals surface area (Å²) in [4.78, 5) is 0. The lowest BCUT2D eigenvalue weighted by atomic mass is 10.00. The Hall–Kier alpha value is -0.820. The molecule has 1 nitrogen and oxygen atoms in total. The number of aryl methyl sites for hydroxylation is 1. The summed E-state index contributed by atoms with van der Waals surface area (Å²) in [5.41, 5.74) is 2.45. The Kier molecular flexibility index (Phi) is 9.40. The summed E-state index contributed by atoms with van der Waals surface area (Å²) in [5, 5.41) is 10.2. The summed E-state index contributed by atoms with van der Waals surface area (Å²) in [7, 11) is 0. The van der Waals surface area contributed by atoms with Gasteiger partial charge in [0.15, 0.2) is 0 Å². The van der Waals surface area contributed by atoms with E-state index in [-0.39, 0.29) is 6.10 Å². The van der Waals surface area contributed by atoms with E-state index in [0.717, 1.165) is 24.8 Å². The fourth-order valence-corrected chi connectivity index (χ4v) is 2.66. The Labute approximate surface area is 125 Å². The number of benzene rings is 1. The summed E-state index contributed by atoms with van der Waals surface area (Å²) < 4.78 is 0. The first-order valence-electron chi connectivity index (χ1n) is 8.54. The molecule has 0 spiro atoms. The van der Waals surface area contributed by atoms with Gasteiger partial charge >= 0.3 is 0 Å². The molecule has 0 saturated carbocycles. The van der Waals surface area contributed by atoms with Gasteiger partial charge in [0, 0.05) is 0 Å². The third-order valence-corrected chi connectivity index (χ3v) is 3.98. The van der Waals surface area contributed by atoms with Crippen molar-refractivity contribution in [2.75, 3.05) is 0 Å². The van der Waals surface area contributed by atoms with Crippen molar-refractivity contribution in [3.8, 4) is 0 Å². The van der Waals surface area contributed by atoms with Crippen LogP contribution in [-0.2, 0) is 6.42 Å². The standard InChI is InChI=1S/C19H32O/c1-3-5-6-7-8-9-10-12-19(20)18-15-13-17(11-4-2)14-16-18/h13-16,19-20H,3-12H2,1-2H3. The van der Waals surface area contributed by atoms with Crippen molar-refractivity contribution in [3.05, 3.63) is 35.4 Å². The van der Waals surface area contributed by atoms with Crippen LogP contribution in [0, 0.1) is 0 Å². The van der Waals surface area contributed by atoms with E-state index in [1.54, 1.807) is 0 Å². The van der Waals surface area contributed by atoms with Gasteiger partial charge in [-0.15, -0.1) is 0 Å². The fraction of sp³-hybridized carbons (Fsp3) is 0.684. The van der Waals surface area contributed by atoms with Gasteiger partial charge in [0.25, 0.3) is 0 Å². The van der Waals surface area contributed by atoms with E-state index in [9.17, 15) is 5.11 Å². The smallest absolute Gasteiger partial charge is 0.0790 e. The molecule has 0 aromatic heterocycles. The van der Waals surface area contributed by atoms with Crippen molar-refractivity contribution in [1.29, 1.82) is 0 Å². The van der Waals surface area contributed by atoms with Gasteiger partial charge in [-0.3, -0.25) is 0 Å². The summed E-state index contributed by atoms with van der Waals surface area (Å²) >= 11 is 0. The van der Waals surface area contributed by atoms with Gasteiger partial charge in [0.2, 0.25) is 0 Å². The number of hydrogen-bond acceptors (Lipinski definition) is 1. The first kappa shape index (κ1) is 17.2. The van der Waals surface area contributed by atoms with Crippen molar-refractivity contribution in [3.63, 3.8) is 0 Å². The molecule has 1 aromatic rings. The first-order valence-corrected chi connectivity index (χ1v) is 8.54. The van der Waals surface area contributed by atoms with E-state index in [2.05, 4.69) is 38.1 Å². The van der Waals surface area contributed by atoms with Crippen molar-refractivity contribution >= 4 is 0 Å². The average Bonchev–Trinajstić information content (AvgIpc) is 2.47. The maximum Gasteiger partial charge on any atom is 0.0790 e. The van der Waals surface area contributed by atoms with Gasteiger partial charge in [-0.25, -0.2) is 0 Å². The Morgan fingerprint density at radius 2 is 1.40 bits per heavy atom. The maximum absolute atomic E-state index is 10.2. The lowest BCUT2D eigenvalue weighted by Gasteiger charge is -2.11. The predicted molar refractivity (Wildman–Crippen MR) is 88.0 cm³/mol. The number of hydrogen-bond donors (Lipinski definition) is 1. The molecule has 114 valence electrons. The van der Waals surface area contributed by atoms with Crippen LogP contribution < -0.4 is 0 Å². The Morgan fingerprint density at radius 3 is 2.00 bits per heavy atom. The minimum absolute atomic E-state index is 0.277. The second-order valence-electron chi connectivity index (χ2n) is 5.92. The number of aliphatic hydroxyl groups excluding tert-OH is 1. The summed E-state index contributed by atoms with van der Waals surface area (Å²) in [5.74, 6) is 0. The van der Waals surface area contributed by atoms with Crippen LogP contribution in [0.3, 0.4) is 0 Å². The highest BCUT2D eigenvalue weighted by Gasteiger charge is 2.06. The molecule has 0 aliphatic carbocycles. The highest BCUT2D eigenvalue weighted by atomic mass is 16.3. The van der Waals surface area contributed by atoms with E-state index < -0.39 is 0 Å². The molecule has 1 aromatic carbocycles. The van der Waals surface area contributed by atoms with Gasteiger partial charge in [-0.2, -0.15) is 0 Å². The van der Waals surface area contributed by atoms with Crippen molar-refractivity contribution < 1.29 is 5.11 Å². The highest BCUT2D eigenvalue weighted by molar-refractivity contribution is 5.24. The van der Waals surface area contributed by atoms with Crippen LogP contribution in [0.2, 0.25) is 0 Å². The molecule has 1 heteroatoms. The molecule has 0 amide bonds. The van der Waals surface area contributed by atoms with Crippen molar-refractivity contribution in [2.45, 2.75) is 84.2 Å². The molecule has 0 radical (unpaired) electrons. The zero-order valence-electron chi connectivity index (χ0n) is 13.4. The summed E-state index contributed by atoms with van der Waals surface area (Å²) in [6, 6.07) is 8.51. The van der Waals surface area contributed by atoms with E-state index in [1.165, 1.54) is 50.5 Å². The van der Waals surface area contributed by atoms with E-state index in [0.29, 0.717) is 0 Å². The quantitative estimate of drug-likeness (QED) is 0.505. The van der Waals surface area contributed by atoms with Crippen LogP contribution in [0.4, 0.5) is 0 Å². The van der Waals surface area contributed by atoms with Crippen LogP contribution in [0.15, 0.2) is 24.3 Å². The topological polar surface area (TPSA) is 20.2 Å². The van der Waals surface area contributed by atoms with Gasteiger partial charge in [0.1, 0.15) is 0 Å². The van der Waals surface area contributed by atoms with E-state index in [4.69, 9.17) is 0 Å². The molecule has 0 heterocycles. The fourth-order valence-electron chi connectivity index (χ4n) is 2.66. The molecule has 1 rings (SSSR count). The zero-order valence-corrected chi connectivity index (χ0v) is 13.4. The largest absolute Gasteiger partial charge is 0.388 e. The molecule has 0 bridgehead atoms. The normalized spacial score (nSPS) is 12.6. The molecule has 1 unspecified atom stereocenters. The maximum atomic E-state index is 10.2. The molecular formula is C19H32O. The van der Waals surface area contributed by atoms with Crippen molar-refractivity contribution in [2.24, 2.45) is 0 Å². The Bertz CT molecular complexity index is 328. The van der Waals surface area contributed by atoms with Gasteiger partial charge < -0.3 is 5.11 Å². The lowest BCUT2D eigenvalue weighted by Crippen LogP contribution is -1.98. The van der Waals surface area contributed by atoms with E-state index >= 15 is 0 Å². The molecule has 1 N–H and O–H groups in total.